The summed E-state index contributed by atoms with van der Waals surface area (Å²) in [6.45, 7) is 3.35. The zero-order valence-electron chi connectivity index (χ0n) is 12.4. The first-order valence-electron chi connectivity index (χ1n) is 7.34. The Morgan fingerprint density at radius 2 is 2.30 bits per heavy atom. The van der Waals surface area contributed by atoms with Crippen LogP contribution < -0.4 is 10.6 Å². The van der Waals surface area contributed by atoms with Gasteiger partial charge in [0.2, 0.25) is 0 Å². The fourth-order valence-corrected chi connectivity index (χ4v) is 2.69. The van der Waals surface area contributed by atoms with Crippen molar-refractivity contribution in [2.45, 2.75) is 38.6 Å². The van der Waals surface area contributed by atoms with Crippen molar-refractivity contribution >= 4 is 11.7 Å². The molecule has 4 nitrogen and oxygen atoms in total. The van der Waals surface area contributed by atoms with Crippen LogP contribution in [0.15, 0.2) is 18.2 Å². The molecule has 0 bridgehead atoms. The molecule has 2 rings (SSSR count). The number of esters is 1. The van der Waals surface area contributed by atoms with Crippen LogP contribution in [0.25, 0.3) is 0 Å². The molecular weight excluding hydrogens is 252 g/mol. The molecule has 0 spiro atoms. The van der Waals surface area contributed by atoms with Gasteiger partial charge in [0.25, 0.3) is 0 Å². The molecular formula is C16H24N2O2. The highest BCUT2D eigenvalue weighted by atomic mass is 16.5. The van der Waals surface area contributed by atoms with Gasteiger partial charge in [-0.15, -0.1) is 0 Å². The van der Waals surface area contributed by atoms with E-state index in [0.717, 1.165) is 19.4 Å². The predicted molar refractivity (Wildman–Crippen MR) is 81.0 cm³/mol. The summed E-state index contributed by atoms with van der Waals surface area (Å²) in [6, 6.07) is 6.58. The van der Waals surface area contributed by atoms with Crippen molar-refractivity contribution in [3.63, 3.8) is 0 Å². The summed E-state index contributed by atoms with van der Waals surface area (Å²) >= 11 is 0. The van der Waals surface area contributed by atoms with E-state index in [4.69, 9.17) is 10.5 Å². The molecule has 0 fully saturated rings. The number of hydrogen-bond donors (Lipinski definition) is 1. The fourth-order valence-electron chi connectivity index (χ4n) is 2.69. The highest BCUT2D eigenvalue weighted by Gasteiger charge is 2.16. The number of anilines is 1. The Hall–Kier alpha value is -1.55. The predicted octanol–water partition coefficient (Wildman–Crippen LogP) is 1.89. The van der Waals surface area contributed by atoms with E-state index in [1.165, 1.54) is 16.8 Å². The van der Waals surface area contributed by atoms with Crippen LogP contribution in [0.2, 0.25) is 0 Å². The van der Waals surface area contributed by atoms with Crippen LogP contribution in [0.3, 0.4) is 0 Å². The number of carbonyl (C=O) groups excluding carboxylic acids is 1. The number of ether oxygens (including phenoxy) is 1. The lowest BCUT2D eigenvalue weighted by Crippen LogP contribution is -2.24. The molecule has 1 heterocycles. The highest BCUT2D eigenvalue weighted by molar-refractivity contribution is 5.69. The Labute approximate surface area is 120 Å². The molecule has 1 aliphatic heterocycles. The SMILES string of the molecule is CCOC(=O)CCC(N)Cc1ccc2c(c1)CCN2C. The first-order valence-corrected chi connectivity index (χ1v) is 7.34. The van der Waals surface area contributed by atoms with Crippen LogP contribution in [0.4, 0.5) is 5.69 Å². The zero-order chi connectivity index (χ0) is 14.5. The molecule has 1 unspecified atom stereocenters. The maximum Gasteiger partial charge on any atom is 0.305 e. The van der Waals surface area contributed by atoms with E-state index in [9.17, 15) is 4.79 Å². The van der Waals surface area contributed by atoms with Crippen LogP contribution in [0.5, 0.6) is 0 Å². The standard InChI is InChI=1S/C16H24N2O2/c1-3-20-16(19)7-5-14(17)11-12-4-6-15-13(10-12)8-9-18(15)2/h4,6,10,14H,3,5,7-9,11,17H2,1-2H3. The first-order chi connectivity index (χ1) is 9.60. The maximum absolute atomic E-state index is 11.3. The van der Waals surface area contributed by atoms with Gasteiger partial charge in [-0.25, -0.2) is 0 Å². The summed E-state index contributed by atoms with van der Waals surface area (Å²) in [6.07, 6.45) is 3.01. The summed E-state index contributed by atoms with van der Waals surface area (Å²) in [5.41, 5.74) is 10.1. The van der Waals surface area contributed by atoms with E-state index in [2.05, 4.69) is 30.1 Å². The first kappa shape index (κ1) is 14.9. The second kappa shape index (κ2) is 6.75. The topological polar surface area (TPSA) is 55.6 Å². The van der Waals surface area contributed by atoms with E-state index < -0.39 is 0 Å². The number of fused-ring (bicyclic) bond motifs is 1. The van der Waals surface area contributed by atoms with Crippen molar-refractivity contribution in [3.05, 3.63) is 29.3 Å². The highest BCUT2D eigenvalue weighted by Crippen LogP contribution is 2.27. The van der Waals surface area contributed by atoms with E-state index in [0.29, 0.717) is 19.4 Å². The van der Waals surface area contributed by atoms with E-state index in [-0.39, 0.29) is 12.0 Å². The summed E-state index contributed by atoms with van der Waals surface area (Å²) < 4.78 is 4.91. The van der Waals surface area contributed by atoms with Gasteiger partial charge in [-0.3, -0.25) is 4.79 Å². The molecule has 0 saturated carbocycles. The van der Waals surface area contributed by atoms with Gasteiger partial charge in [0.05, 0.1) is 6.61 Å². The third-order valence-corrected chi connectivity index (χ3v) is 3.79. The number of nitrogens with zero attached hydrogens (tertiary/aromatic N) is 1. The number of carbonyl (C=O) groups is 1. The van der Waals surface area contributed by atoms with Crippen LogP contribution in [0.1, 0.15) is 30.9 Å². The van der Waals surface area contributed by atoms with Gasteiger partial charge in [-0.1, -0.05) is 12.1 Å². The number of likely N-dealkylation sites (N-methyl/N-ethyl adjacent to an activating group) is 1. The Balaban J connectivity index is 1.86. The summed E-state index contributed by atoms with van der Waals surface area (Å²) in [7, 11) is 2.12. The average molecular weight is 276 g/mol. The third kappa shape index (κ3) is 3.73. The lowest BCUT2D eigenvalue weighted by atomic mass is 10.00. The molecule has 0 aliphatic carbocycles. The Morgan fingerprint density at radius 3 is 3.05 bits per heavy atom. The van der Waals surface area contributed by atoms with Crippen LogP contribution in [-0.4, -0.2) is 32.2 Å². The number of hydrogen-bond acceptors (Lipinski definition) is 4. The minimum absolute atomic E-state index is 0.0107. The van der Waals surface area contributed by atoms with Gasteiger partial charge in [0.15, 0.2) is 0 Å². The van der Waals surface area contributed by atoms with Crippen molar-refractivity contribution < 1.29 is 9.53 Å². The molecule has 1 aromatic carbocycles. The third-order valence-electron chi connectivity index (χ3n) is 3.79. The maximum atomic E-state index is 11.3. The molecule has 0 aromatic heterocycles. The molecule has 1 aromatic rings. The van der Waals surface area contributed by atoms with E-state index in [1.807, 2.05) is 6.92 Å². The van der Waals surface area contributed by atoms with Crippen molar-refractivity contribution in [1.82, 2.24) is 0 Å². The minimum atomic E-state index is -0.154. The Kier molecular flexibility index (Phi) is 5.01. The van der Waals surface area contributed by atoms with Crippen LogP contribution in [0, 0.1) is 0 Å². The van der Waals surface area contributed by atoms with Crippen LogP contribution >= 0.6 is 0 Å². The molecule has 1 atom stereocenters. The van der Waals surface area contributed by atoms with Gasteiger partial charge in [0, 0.05) is 31.7 Å². The van der Waals surface area contributed by atoms with E-state index in [1.54, 1.807) is 0 Å². The zero-order valence-corrected chi connectivity index (χ0v) is 12.4. The smallest absolute Gasteiger partial charge is 0.305 e. The Morgan fingerprint density at radius 1 is 1.50 bits per heavy atom. The Bertz CT molecular complexity index is 474. The summed E-state index contributed by atoms with van der Waals surface area (Å²) in [5, 5.41) is 0. The molecule has 1 aliphatic rings. The lowest BCUT2D eigenvalue weighted by Gasteiger charge is -2.14. The number of benzene rings is 1. The molecule has 20 heavy (non-hydrogen) atoms. The second-order valence-corrected chi connectivity index (χ2v) is 5.44. The summed E-state index contributed by atoms with van der Waals surface area (Å²) in [5.74, 6) is -0.154. The van der Waals surface area contributed by atoms with Gasteiger partial charge in [-0.05, 0) is 43.4 Å². The van der Waals surface area contributed by atoms with Crippen molar-refractivity contribution in [2.24, 2.45) is 5.73 Å². The minimum Gasteiger partial charge on any atom is -0.466 e. The lowest BCUT2D eigenvalue weighted by molar-refractivity contribution is -0.143. The summed E-state index contributed by atoms with van der Waals surface area (Å²) in [4.78, 5) is 13.6. The van der Waals surface area contributed by atoms with Crippen molar-refractivity contribution in [3.8, 4) is 0 Å². The normalized spacial score (nSPS) is 15.1. The van der Waals surface area contributed by atoms with Gasteiger partial charge in [-0.2, -0.15) is 0 Å². The van der Waals surface area contributed by atoms with Gasteiger partial charge >= 0.3 is 5.97 Å². The van der Waals surface area contributed by atoms with Crippen molar-refractivity contribution in [1.29, 1.82) is 0 Å². The molecule has 0 amide bonds. The quantitative estimate of drug-likeness (QED) is 0.806. The molecule has 0 radical (unpaired) electrons. The largest absolute Gasteiger partial charge is 0.466 e. The molecule has 110 valence electrons. The van der Waals surface area contributed by atoms with Gasteiger partial charge < -0.3 is 15.4 Å². The molecule has 4 heteroatoms. The van der Waals surface area contributed by atoms with Crippen molar-refractivity contribution in [2.75, 3.05) is 25.1 Å². The monoisotopic (exact) mass is 276 g/mol. The fraction of sp³-hybridized carbons (Fsp3) is 0.562. The molecule has 0 saturated heterocycles. The van der Waals surface area contributed by atoms with E-state index >= 15 is 0 Å². The number of nitrogens with two attached hydrogens (primary N) is 1. The van der Waals surface area contributed by atoms with Gasteiger partial charge in [0.1, 0.15) is 0 Å². The second-order valence-electron chi connectivity index (χ2n) is 5.44. The van der Waals surface area contributed by atoms with Crippen LogP contribution in [-0.2, 0) is 22.4 Å². The molecule has 2 N–H and O–H groups in total. The average Bonchev–Trinajstić information content (AvgIpc) is 2.78. The number of rotatable bonds is 6.